The summed E-state index contributed by atoms with van der Waals surface area (Å²) in [4.78, 5) is 10.7. The van der Waals surface area contributed by atoms with Gasteiger partial charge in [-0.2, -0.15) is 0 Å². The Balaban J connectivity index is 2.55. The Bertz CT molecular complexity index is 245. The summed E-state index contributed by atoms with van der Waals surface area (Å²) < 4.78 is 4.99. The van der Waals surface area contributed by atoms with E-state index in [9.17, 15) is 4.79 Å². The monoisotopic (exact) mass is 181 g/mol. The number of hydrogen-bond donors (Lipinski definition) is 1. The second-order valence-electron chi connectivity index (χ2n) is 3.15. The first-order valence-electron chi connectivity index (χ1n) is 4.44. The van der Waals surface area contributed by atoms with Gasteiger partial charge in [0.15, 0.2) is 0 Å². The molecule has 0 saturated carbocycles. The second kappa shape index (κ2) is 4.12. The van der Waals surface area contributed by atoms with Crippen molar-refractivity contribution in [1.29, 1.82) is 0 Å². The molecule has 3 nitrogen and oxygen atoms in total. The number of hydrogen-bond acceptors (Lipinski definition) is 3. The maximum Gasteiger partial charge on any atom is 0.302 e. The molecular formula is C10H15NO2. The molecule has 0 saturated heterocycles. The maximum atomic E-state index is 10.7. The van der Waals surface area contributed by atoms with Crippen LogP contribution in [0.1, 0.15) is 20.3 Å². The van der Waals surface area contributed by atoms with E-state index in [1.807, 2.05) is 24.4 Å². The summed E-state index contributed by atoms with van der Waals surface area (Å²) in [6, 6.07) is 0. The number of esters is 1. The average molecular weight is 181 g/mol. The standard InChI is InChI=1S/C10H15NO2/c1-3-10(8-13-9(2)12)6-4-5-7-11-10/h4-7,11H,3,8H2,1-2H3. The molecular weight excluding hydrogens is 166 g/mol. The van der Waals surface area contributed by atoms with Crippen LogP contribution in [-0.2, 0) is 9.53 Å². The first kappa shape index (κ1) is 9.84. The number of nitrogens with one attached hydrogen (secondary N) is 1. The highest BCUT2D eigenvalue weighted by Crippen LogP contribution is 2.15. The smallest absolute Gasteiger partial charge is 0.302 e. The lowest BCUT2D eigenvalue weighted by Crippen LogP contribution is -2.45. The van der Waals surface area contributed by atoms with Gasteiger partial charge >= 0.3 is 5.97 Å². The quantitative estimate of drug-likeness (QED) is 0.668. The predicted octanol–water partition coefficient (Wildman–Crippen LogP) is 1.37. The van der Waals surface area contributed by atoms with E-state index >= 15 is 0 Å². The van der Waals surface area contributed by atoms with Crippen molar-refractivity contribution < 1.29 is 9.53 Å². The minimum Gasteiger partial charge on any atom is -0.463 e. The number of rotatable bonds is 3. The van der Waals surface area contributed by atoms with Gasteiger partial charge in [0.1, 0.15) is 6.61 Å². The third-order valence-corrected chi connectivity index (χ3v) is 2.16. The van der Waals surface area contributed by atoms with Crippen molar-refractivity contribution in [1.82, 2.24) is 5.32 Å². The van der Waals surface area contributed by atoms with E-state index in [1.54, 1.807) is 0 Å². The number of dihydropyridines is 1. The van der Waals surface area contributed by atoms with Crippen LogP contribution in [0, 0.1) is 0 Å². The largest absolute Gasteiger partial charge is 0.463 e. The molecule has 0 aromatic heterocycles. The summed E-state index contributed by atoms with van der Waals surface area (Å²) >= 11 is 0. The molecule has 0 aromatic rings. The van der Waals surface area contributed by atoms with Crippen molar-refractivity contribution in [2.45, 2.75) is 25.8 Å². The van der Waals surface area contributed by atoms with E-state index in [0.29, 0.717) is 6.61 Å². The van der Waals surface area contributed by atoms with Gasteiger partial charge in [-0.3, -0.25) is 4.79 Å². The number of carbonyl (C=O) groups is 1. The summed E-state index contributed by atoms with van der Waals surface area (Å²) in [5, 5.41) is 3.19. The Kier molecular flexibility index (Phi) is 3.12. The summed E-state index contributed by atoms with van der Waals surface area (Å²) in [6.07, 6.45) is 8.66. The fraction of sp³-hybridized carbons (Fsp3) is 0.500. The number of carbonyl (C=O) groups excluding carboxylic acids is 1. The molecule has 1 rings (SSSR count). The van der Waals surface area contributed by atoms with E-state index < -0.39 is 0 Å². The van der Waals surface area contributed by atoms with Crippen molar-refractivity contribution in [2.24, 2.45) is 0 Å². The average Bonchev–Trinajstić information content (AvgIpc) is 2.16. The zero-order valence-corrected chi connectivity index (χ0v) is 8.04. The molecule has 1 aliphatic heterocycles. The van der Waals surface area contributed by atoms with Gasteiger partial charge in [-0.1, -0.05) is 19.1 Å². The highest BCUT2D eigenvalue weighted by molar-refractivity contribution is 5.66. The Labute approximate surface area is 78.5 Å². The number of ether oxygens (including phenoxy) is 1. The molecule has 1 heterocycles. The topological polar surface area (TPSA) is 38.3 Å². The maximum absolute atomic E-state index is 10.7. The Hall–Kier alpha value is -1.25. The molecule has 0 aromatic carbocycles. The van der Waals surface area contributed by atoms with Gasteiger partial charge in [0.05, 0.1) is 5.54 Å². The lowest BCUT2D eigenvalue weighted by atomic mass is 9.95. The highest BCUT2D eigenvalue weighted by Gasteiger charge is 2.25. The SMILES string of the molecule is CCC1(COC(C)=O)C=CC=CN1. The summed E-state index contributed by atoms with van der Waals surface area (Å²) in [5.74, 6) is -0.238. The van der Waals surface area contributed by atoms with Crippen LogP contribution in [0.4, 0.5) is 0 Å². The van der Waals surface area contributed by atoms with E-state index in [0.717, 1.165) is 6.42 Å². The molecule has 0 amide bonds. The summed E-state index contributed by atoms with van der Waals surface area (Å²) in [7, 11) is 0. The fourth-order valence-electron chi connectivity index (χ4n) is 1.20. The Morgan fingerprint density at radius 3 is 2.77 bits per heavy atom. The van der Waals surface area contributed by atoms with Crippen LogP contribution < -0.4 is 5.32 Å². The fourth-order valence-corrected chi connectivity index (χ4v) is 1.20. The van der Waals surface area contributed by atoms with Gasteiger partial charge in [-0.15, -0.1) is 0 Å². The van der Waals surface area contributed by atoms with Crippen molar-refractivity contribution in [2.75, 3.05) is 6.61 Å². The normalized spacial score (nSPS) is 25.4. The molecule has 3 heteroatoms. The third kappa shape index (κ3) is 2.61. The Morgan fingerprint density at radius 1 is 1.54 bits per heavy atom. The molecule has 13 heavy (non-hydrogen) atoms. The van der Waals surface area contributed by atoms with E-state index in [4.69, 9.17) is 4.74 Å². The minimum absolute atomic E-state index is 0.208. The molecule has 1 unspecified atom stereocenters. The van der Waals surface area contributed by atoms with Crippen LogP contribution in [0.2, 0.25) is 0 Å². The van der Waals surface area contributed by atoms with Gasteiger partial charge in [-0.25, -0.2) is 0 Å². The zero-order valence-electron chi connectivity index (χ0n) is 8.04. The van der Waals surface area contributed by atoms with Gasteiger partial charge in [0, 0.05) is 6.92 Å². The van der Waals surface area contributed by atoms with Crippen molar-refractivity contribution >= 4 is 5.97 Å². The molecule has 0 bridgehead atoms. The van der Waals surface area contributed by atoms with Crippen LogP contribution in [0.15, 0.2) is 24.4 Å². The lowest BCUT2D eigenvalue weighted by molar-refractivity contribution is -0.142. The molecule has 0 fully saturated rings. The third-order valence-electron chi connectivity index (χ3n) is 2.16. The molecule has 72 valence electrons. The molecule has 0 aliphatic carbocycles. The van der Waals surface area contributed by atoms with Crippen LogP contribution >= 0.6 is 0 Å². The van der Waals surface area contributed by atoms with Crippen molar-refractivity contribution in [3.05, 3.63) is 24.4 Å². The predicted molar refractivity (Wildman–Crippen MR) is 51.1 cm³/mol. The zero-order chi connectivity index (χ0) is 9.73. The molecule has 0 radical (unpaired) electrons. The molecule has 1 N–H and O–H groups in total. The first-order valence-corrected chi connectivity index (χ1v) is 4.44. The van der Waals surface area contributed by atoms with Gasteiger partial charge in [0.25, 0.3) is 0 Å². The summed E-state index contributed by atoms with van der Waals surface area (Å²) in [5.41, 5.74) is -0.208. The Morgan fingerprint density at radius 2 is 2.31 bits per heavy atom. The molecule has 1 atom stereocenters. The molecule has 1 aliphatic rings. The van der Waals surface area contributed by atoms with Gasteiger partial charge in [-0.05, 0) is 18.7 Å². The highest BCUT2D eigenvalue weighted by atomic mass is 16.5. The van der Waals surface area contributed by atoms with Crippen LogP contribution in [-0.4, -0.2) is 18.1 Å². The van der Waals surface area contributed by atoms with Gasteiger partial charge in [0.2, 0.25) is 0 Å². The van der Waals surface area contributed by atoms with Crippen LogP contribution in [0.25, 0.3) is 0 Å². The second-order valence-corrected chi connectivity index (χ2v) is 3.15. The van der Waals surface area contributed by atoms with Gasteiger partial charge < -0.3 is 10.1 Å². The van der Waals surface area contributed by atoms with E-state index in [1.165, 1.54) is 6.92 Å². The van der Waals surface area contributed by atoms with Crippen molar-refractivity contribution in [3.63, 3.8) is 0 Å². The number of allylic oxidation sites excluding steroid dienone is 2. The molecule has 0 spiro atoms. The van der Waals surface area contributed by atoms with E-state index in [-0.39, 0.29) is 11.5 Å². The van der Waals surface area contributed by atoms with Crippen LogP contribution in [0.3, 0.4) is 0 Å². The lowest BCUT2D eigenvalue weighted by Gasteiger charge is -2.30. The minimum atomic E-state index is -0.238. The van der Waals surface area contributed by atoms with Crippen molar-refractivity contribution in [3.8, 4) is 0 Å². The summed E-state index contributed by atoms with van der Waals surface area (Å²) in [6.45, 7) is 3.87. The van der Waals surface area contributed by atoms with Crippen LogP contribution in [0.5, 0.6) is 0 Å². The first-order chi connectivity index (χ1) is 6.18. The van der Waals surface area contributed by atoms with E-state index in [2.05, 4.69) is 12.2 Å².